The summed E-state index contributed by atoms with van der Waals surface area (Å²) in [5.74, 6) is 7.05. The Balaban J connectivity index is 1.62. The van der Waals surface area contributed by atoms with E-state index in [0.29, 0.717) is 28.3 Å². The molecule has 2 aromatic carbocycles. The number of piperazine rings is 1. The first kappa shape index (κ1) is 32.6. The summed E-state index contributed by atoms with van der Waals surface area (Å²) >= 11 is 0. The third kappa shape index (κ3) is 7.44. The number of imidazole rings is 1. The number of hydrazine groups is 1. The number of carbonyl (C=O) groups is 1. The lowest BCUT2D eigenvalue weighted by Gasteiger charge is -2.28. The lowest BCUT2D eigenvalue weighted by atomic mass is 9.86. The average Bonchev–Trinajstić information content (AvgIpc) is 3.33. The number of carbonyl (C=O) groups excluding carboxylic acids is 1. The van der Waals surface area contributed by atoms with Crippen molar-refractivity contribution in [3.63, 3.8) is 0 Å². The molecule has 0 atom stereocenters. The van der Waals surface area contributed by atoms with Crippen molar-refractivity contribution in [3.8, 4) is 5.75 Å². The molecule has 1 aliphatic rings. The minimum atomic E-state index is -3.61. The second kappa shape index (κ2) is 12.8. The average molecular weight is 626 g/mol. The predicted octanol–water partition coefficient (Wildman–Crippen LogP) is 2.71. The number of hydrogen-bond donors (Lipinski definition) is 5. The number of nitrogens with zero attached hydrogens (tertiary/aromatic N) is 4. The largest absolute Gasteiger partial charge is 0.492 e. The van der Waals surface area contributed by atoms with Crippen molar-refractivity contribution in [3.05, 3.63) is 65.1 Å². The number of benzene rings is 2. The van der Waals surface area contributed by atoms with Gasteiger partial charge in [0.1, 0.15) is 0 Å². The van der Waals surface area contributed by atoms with Crippen LogP contribution < -0.4 is 41.6 Å². The number of methoxy groups -OCH3 is 1. The second-order valence-electron chi connectivity index (χ2n) is 11.9. The zero-order valence-corrected chi connectivity index (χ0v) is 27.2. The maximum atomic E-state index is 13.5. The lowest BCUT2D eigenvalue weighted by Crippen LogP contribution is -2.44. The molecule has 1 saturated heterocycles. The molecule has 0 spiro atoms. The number of nitrogens with two attached hydrogens (primary N) is 2. The lowest BCUT2D eigenvalue weighted by molar-refractivity contribution is 0.102. The number of hydrogen-bond acceptors (Lipinski definition) is 10. The van der Waals surface area contributed by atoms with Gasteiger partial charge < -0.3 is 30.6 Å². The Morgan fingerprint density at radius 1 is 1.16 bits per heavy atom. The van der Waals surface area contributed by atoms with Gasteiger partial charge in [0.2, 0.25) is 16.0 Å². The van der Waals surface area contributed by atoms with Gasteiger partial charge >= 0.3 is 0 Å². The van der Waals surface area contributed by atoms with Crippen LogP contribution in [0.3, 0.4) is 0 Å². The molecule has 0 unspecified atom stereocenters. The molecule has 14 heteroatoms. The summed E-state index contributed by atoms with van der Waals surface area (Å²) in [7, 11) is -0.287. The highest BCUT2D eigenvalue weighted by molar-refractivity contribution is 7.92. The van der Waals surface area contributed by atoms with Crippen LogP contribution in [0.1, 0.15) is 48.0 Å². The van der Waals surface area contributed by atoms with E-state index in [0.717, 1.165) is 49.5 Å². The van der Waals surface area contributed by atoms with E-state index in [1.54, 1.807) is 42.7 Å². The van der Waals surface area contributed by atoms with Crippen LogP contribution in [0.4, 0.5) is 23.0 Å². The van der Waals surface area contributed by atoms with Gasteiger partial charge in [0.05, 0.1) is 48.0 Å². The molecule has 2 heterocycles. The second-order valence-corrected chi connectivity index (χ2v) is 13.7. The van der Waals surface area contributed by atoms with Gasteiger partial charge in [-0.05, 0) is 47.7 Å². The molecule has 0 saturated carbocycles. The Hall–Kier alpha value is -4.27. The van der Waals surface area contributed by atoms with Crippen LogP contribution in [0.2, 0.25) is 0 Å². The molecule has 1 amide bonds. The highest BCUT2D eigenvalue weighted by Gasteiger charge is 2.23. The van der Waals surface area contributed by atoms with E-state index < -0.39 is 15.9 Å². The molecule has 7 N–H and O–H groups in total. The fourth-order valence-electron chi connectivity index (χ4n) is 4.99. The third-order valence-electron chi connectivity index (χ3n) is 7.39. The van der Waals surface area contributed by atoms with Crippen molar-refractivity contribution in [1.29, 1.82) is 0 Å². The van der Waals surface area contributed by atoms with Crippen molar-refractivity contribution in [2.45, 2.75) is 33.1 Å². The minimum absolute atomic E-state index is 0.191. The van der Waals surface area contributed by atoms with Crippen LogP contribution in [0.25, 0.3) is 5.70 Å². The SMILES string of the molecule is COc1c(NC(=O)c2ccc(C)c(N(N)/C=C(\N)c3cnc(N4CCNCC4)n3C)c2)cc(C(C)(C)C)cc1NS(C)(=O)=O. The summed E-state index contributed by atoms with van der Waals surface area (Å²) in [6.07, 6.45) is 4.38. The van der Waals surface area contributed by atoms with Gasteiger partial charge in [0.15, 0.2) is 5.75 Å². The molecule has 238 valence electrons. The molecule has 1 fully saturated rings. The van der Waals surface area contributed by atoms with Crippen LogP contribution in [-0.2, 0) is 22.5 Å². The van der Waals surface area contributed by atoms with Crippen molar-refractivity contribution in [1.82, 2.24) is 14.9 Å². The topological polar surface area (TPSA) is 173 Å². The van der Waals surface area contributed by atoms with Crippen molar-refractivity contribution < 1.29 is 17.9 Å². The number of amides is 1. The molecule has 0 radical (unpaired) electrons. The zero-order valence-electron chi connectivity index (χ0n) is 26.4. The fraction of sp³-hybridized carbons (Fsp3) is 0.400. The van der Waals surface area contributed by atoms with Crippen molar-refractivity contribution in [2.24, 2.45) is 18.6 Å². The summed E-state index contributed by atoms with van der Waals surface area (Å²) in [5, 5.41) is 7.61. The Bertz CT molecular complexity index is 1670. The van der Waals surface area contributed by atoms with E-state index in [4.69, 9.17) is 16.3 Å². The van der Waals surface area contributed by atoms with Gasteiger partial charge in [-0.2, -0.15) is 0 Å². The number of aryl methyl sites for hydroxylation is 1. The molecule has 3 aromatic rings. The van der Waals surface area contributed by atoms with Crippen LogP contribution in [-0.4, -0.2) is 63.4 Å². The molecule has 1 aliphatic heterocycles. The summed E-state index contributed by atoms with van der Waals surface area (Å²) < 4.78 is 34.1. The van der Waals surface area contributed by atoms with Gasteiger partial charge in [-0.1, -0.05) is 26.8 Å². The van der Waals surface area contributed by atoms with Crippen molar-refractivity contribution in [2.75, 3.05) is 59.5 Å². The fourth-order valence-corrected chi connectivity index (χ4v) is 5.54. The summed E-state index contributed by atoms with van der Waals surface area (Å²) in [4.78, 5) is 20.3. The van der Waals surface area contributed by atoms with Crippen LogP contribution in [0.5, 0.6) is 5.75 Å². The number of ether oxygens (including phenoxy) is 1. The van der Waals surface area contributed by atoms with E-state index in [2.05, 4.69) is 25.2 Å². The van der Waals surface area contributed by atoms with E-state index in [1.165, 1.54) is 12.1 Å². The molecule has 44 heavy (non-hydrogen) atoms. The maximum absolute atomic E-state index is 13.5. The summed E-state index contributed by atoms with van der Waals surface area (Å²) in [6.45, 7) is 11.3. The smallest absolute Gasteiger partial charge is 0.255 e. The first-order valence-corrected chi connectivity index (χ1v) is 16.1. The van der Waals surface area contributed by atoms with Gasteiger partial charge in [-0.25, -0.2) is 19.2 Å². The van der Waals surface area contributed by atoms with E-state index in [9.17, 15) is 13.2 Å². The molecule has 0 bridgehead atoms. The van der Waals surface area contributed by atoms with E-state index in [-0.39, 0.29) is 16.9 Å². The highest BCUT2D eigenvalue weighted by Crippen LogP contribution is 2.39. The minimum Gasteiger partial charge on any atom is -0.492 e. The maximum Gasteiger partial charge on any atom is 0.255 e. The van der Waals surface area contributed by atoms with Crippen LogP contribution >= 0.6 is 0 Å². The Morgan fingerprint density at radius 3 is 2.43 bits per heavy atom. The summed E-state index contributed by atoms with van der Waals surface area (Å²) in [5.41, 5.74) is 10.3. The van der Waals surface area contributed by atoms with Gasteiger partial charge in [-0.15, -0.1) is 0 Å². The standard InChI is InChI=1S/C30H43N9O4S/c1-19-8-9-20(28(40)35-23-15-21(30(2,3)4)16-24(27(23)43-6)36-44(7,41)42)14-25(19)39(32)18-22(31)26-17-34-29(37(26)5)38-12-10-33-11-13-38/h8-9,14-18,33,36H,10-13,31-32H2,1-7H3,(H,35,40)/b22-18-. The predicted molar refractivity (Wildman–Crippen MR) is 176 cm³/mol. The number of sulfonamides is 1. The Morgan fingerprint density at radius 2 is 1.82 bits per heavy atom. The quantitative estimate of drug-likeness (QED) is 0.176. The van der Waals surface area contributed by atoms with E-state index in [1.807, 2.05) is 39.3 Å². The number of aromatic nitrogens is 2. The first-order chi connectivity index (χ1) is 20.6. The number of rotatable bonds is 9. The highest BCUT2D eigenvalue weighted by atomic mass is 32.2. The van der Waals surface area contributed by atoms with Gasteiger partial charge in [0.25, 0.3) is 5.91 Å². The zero-order chi connectivity index (χ0) is 32.4. The normalized spacial score (nSPS) is 14.4. The Labute approximate surface area is 259 Å². The molecular formula is C30H43N9O4S. The Kier molecular flexibility index (Phi) is 9.47. The first-order valence-electron chi connectivity index (χ1n) is 14.2. The monoisotopic (exact) mass is 625 g/mol. The molecule has 1 aromatic heterocycles. The van der Waals surface area contributed by atoms with Crippen LogP contribution in [0.15, 0.2) is 42.7 Å². The molecule has 0 aliphatic carbocycles. The van der Waals surface area contributed by atoms with Gasteiger partial charge in [-0.3, -0.25) is 14.5 Å². The molecule has 4 rings (SSSR count). The molecular weight excluding hydrogens is 582 g/mol. The number of nitrogens with one attached hydrogen (secondary N) is 3. The van der Waals surface area contributed by atoms with Crippen LogP contribution in [0, 0.1) is 6.92 Å². The van der Waals surface area contributed by atoms with Gasteiger partial charge in [0, 0.05) is 45.0 Å². The third-order valence-corrected chi connectivity index (χ3v) is 7.98. The number of anilines is 4. The molecule has 13 nitrogen and oxygen atoms in total. The van der Waals surface area contributed by atoms with Crippen molar-refractivity contribution >= 4 is 44.6 Å². The summed E-state index contributed by atoms with van der Waals surface area (Å²) in [6, 6.07) is 8.63. The van der Waals surface area contributed by atoms with E-state index >= 15 is 0 Å².